The van der Waals surface area contributed by atoms with Crippen molar-refractivity contribution >= 4 is 0 Å². The fraction of sp³-hybridized carbons (Fsp3) is 1.00. The molecule has 1 fully saturated rings. The Kier molecular flexibility index (Phi) is 4.60. The predicted octanol–water partition coefficient (Wildman–Crippen LogP) is 2.59. The zero-order chi connectivity index (χ0) is 11.5. The second-order valence-corrected chi connectivity index (χ2v) is 5.73. The van der Waals surface area contributed by atoms with Crippen LogP contribution in [0.5, 0.6) is 0 Å². The van der Waals surface area contributed by atoms with Crippen molar-refractivity contribution < 1.29 is 0 Å². The van der Waals surface area contributed by atoms with Crippen molar-refractivity contribution in [3.63, 3.8) is 0 Å². The normalized spacial score (nSPS) is 23.6. The summed E-state index contributed by atoms with van der Waals surface area (Å²) in [6, 6.07) is 0.674. The molecule has 15 heavy (non-hydrogen) atoms. The van der Waals surface area contributed by atoms with Gasteiger partial charge in [0.1, 0.15) is 0 Å². The van der Waals surface area contributed by atoms with E-state index >= 15 is 0 Å². The predicted molar refractivity (Wildman–Crippen MR) is 67.3 cm³/mol. The van der Waals surface area contributed by atoms with Gasteiger partial charge in [-0.25, -0.2) is 0 Å². The third kappa shape index (κ3) is 3.46. The molecule has 1 rings (SSSR count). The summed E-state index contributed by atoms with van der Waals surface area (Å²) in [7, 11) is 0. The van der Waals surface area contributed by atoms with Crippen molar-refractivity contribution in [3.05, 3.63) is 0 Å². The minimum atomic E-state index is 0.347. The SMILES string of the molecule is CCCCN1CCN(C(C)C)C(C)(C)C1. The molecule has 0 amide bonds. The van der Waals surface area contributed by atoms with Gasteiger partial charge in [-0.1, -0.05) is 13.3 Å². The van der Waals surface area contributed by atoms with Gasteiger partial charge in [-0.3, -0.25) is 4.90 Å². The van der Waals surface area contributed by atoms with Gasteiger partial charge in [-0.2, -0.15) is 0 Å². The summed E-state index contributed by atoms with van der Waals surface area (Å²) in [5.41, 5.74) is 0.347. The molecule has 0 bridgehead atoms. The highest BCUT2D eigenvalue weighted by Gasteiger charge is 2.34. The van der Waals surface area contributed by atoms with Crippen LogP contribution in [0.15, 0.2) is 0 Å². The van der Waals surface area contributed by atoms with Crippen molar-refractivity contribution in [1.29, 1.82) is 0 Å². The number of unbranched alkanes of at least 4 members (excludes halogenated alkanes) is 1. The van der Waals surface area contributed by atoms with E-state index in [0.29, 0.717) is 11.6 Å². The minimum Gasteiger partial charge on any atom is -0.300 e. The summed E-state index contributed by atoms with van der Waals surface area (Å²) in [5.74, 6) is 0. The van der Waals surface area contributed by atoms with Crippen molar-refractivity contribution in [1.82, 2.24) is 9.80 Å². The van der Waals surface area contributed by atoms with Crippen molar-refractivity contribution in [3.8, 4) is 0 Å². The summed E-state index contributed by atoms with van der Waals surface area (Å²) >= 11 is 0. The first-order valence-corrected chi connectivity index (χ1v) is 6.46. The maximum absolute atomic E-state index is 2.63. The van der Waals surface area contributed by atoms with E-state index < -0.39 is 0 Å². The highest BCUT2D eigenvalue weighted by atomic mass is 15.3. The smallest absolute Gasteiger partial charge is 0.0283 e. The van der Waals surface area contributed by atoms with E-state index in [0.717, 1.165) is 0 Å². The van der Waals surface area contributed by atoms with Gasteiger partial charge in [0.05, 0.1) is 0 Å². The molecule has 0 unspecified atom stereocenters. The molecule has 0 spiro atoms. The van der Waals surface area contributed by atoms with Crippen LogP contribution >= 0.6 is 0 Å². The standard InChI is InChI=1S/C13H28N2/c1-6-7-8-14-9-10-15(12(2)3)13(4,5)11-14/h12H,6-11H2,1-5H3. The number of hydrogen-bond acceptors (Lipinski definition) is 2. The van der Waals surface area contributed by atoms with Crippen LogP contribution in [0.2, 0.25) is 0 Å². The zero-order valence-corrected chi connectivity index (χ0v) is 11.2. The first-order valence-electron chi connectivity index (χ1n) is 6.46. The van der Waals surface area contributed by atoms with E-state index in [1.54, 1.807) is 0 Å². The van der Waals surface area contributed by atoms with Gasteiger partial charge in [0.25, 0.3) is 0 Å². The third-order valence-corrected chi connectivity index (χ3v) is 3.50. The molecule has 90 valence electrons. The van der Waals surface area contributed by atoms with E-state index in [2.05, 4.69) is 44.4 Å². The largest absolute Gasteiger partial charge is 0.300 e. The first kappa shape index (κ1) is 13.0. The Labute approximate surface area is 95.6 Å². The molecule has 0 radical (unpaired) electrons. The molecule has 1 aliphatic rings. The van der Waals surface area contributed by atoms with Gasteiger partial charge in [-0.15, -0.1) is 0 Å². The maximum Gasteiger partial charge on any atom is 0.0283 e. The molecule has 1 saturated heterocycles. The Morgan fingerprint density at radius 3 is 2.33 bits per heavy atom. The van der Waals surface area contributed by atoms with Crippen LogP contribution in [-0.4, -0.2) is 47.6 Å². The number of nitrogens with zero attached hydrogens (tertiary/aromatic N) is 2. The first-order chi connectivity index (χ1) is 6.97. The second-order valence-electron chi connectivity index (χ2n) is 5.73. The number of hydrogen-bond donors (Lipinski definition) is 0. The Balaban J connectivity index is 2.49. The van der Waals surface area contributed by atoms with Crippen LogP contribution in [0.3, 0.4) is 0 Å². The van der Waals surface area contributed by atoms with E-state index in [-0.39, 0.29) is 0 Å². The lowest BCUT2D eigenvalue weighted by molar-refractivity contribution is -0.00175. The van der Waals surface area contributed by atoms with Crippen molar-refractivity contribution in [2.45, 2.75) is 59.0 Å². The quantitative estimate of drug-likeness (QED) is 0.707. The van der Waals surface area contributed by atoms with E-state index in [4.69, 9.17) is 0 Å². The summed E-state index contributed by atoms with van der Waals surface area (Å²) in [5, 5.41) is 0. The Bertz CT molecular complexity index is 187. The topological polar surface area (TPSA) is 6.48 Å². The molecular formula is C13H28N2. The summed E-state index contributed by atoms with van der Waals surface area (Å²) in [6.45, 7) is 16.6. The van der Waals surface area contributed by atoms with Gasteiger partial charge in [0.2, 0.25) is 0 Å². The number of rotatable bonds is 4. The molecule has 2 nitrogen and oxygen atoms in total. The van der Waals surface area contributed by atoms with Crippen molar-refractivity contribution in [2.24, 2.45) is 0 Å². The zero-order valence-electron chi connectivity index (χ0n) is 11.2. The molecule has 0 N–H and O–H groups in total. The maximum atomic E-state index is 2.63. The average molecular weight is 212 g/mol. The molecule has 0 atom stereocenters. The summed E-state index contributed by atoms with van der Waals surface area (Å²) in [6.07, 6.45) is 2.66. The Morgan fingerprint density at radius 1 is 1.20 bits per heavy atom. The highest BCUT2D eigenvalue weighted by molar-refractivity contribution is 4.91. The molecular weight excluding hydrogens is 184 g/mol. The molecule has 0 aromatic heterocycles. The molecule has 1 aliphatic heterocycles. The van der Waals surface area contributed by atoms with E-state index in [1.165, 1.54) is 39.0 Å². The van der Waals surface area contributed by atoms with Gasteiger partial charge >= 0.3 is 0 Å². The second kappa shape index (κ2) is 5.31. The molecule has 2 heteroatoms. The fourth-order valence-electron chi connectivity index (χ4n) is 2.80. The Morgan fingerprint density at radius 2 is 1.87 bits per heavy atom. The monoisotopic (exact) mass is 212 g/mol. The van der Waals surface area contributed by atoms with Crippen LogP contribution < -0.4 is 0 Å². The van der Waals surface area contributed by atoms with Gasteiger partial charge in [0.15, 0.2) is 0 Å². The summed E-state index contributed by atoms with van der Waals surface area (Å²) in [4.78, 5) is 5.26. The lowest BCUT2D eigenvalue weighted by atomic mass is 9.96. The van der Waals surface area contributed by atoms with Gasteiger partial charge in [-0.05, 0) is 40.7 Å². The van der Waals surface area contributed by atoms with Crippen LogP contribution in [0.25, 0.3) is 0 Å². The minimum absolute atomic E-state index is 0.347. The molecule has 0 aromatic rings. The summed E-state index contributed by atoms with van der Waals surface area (Å²) < 4.78 is 0. The van der Waals surface area contributed by atoms with Crippen LogP contribution in [0, 0.1) is 0 Å². The van der Waals surface area contributed by atoms with Crippen LogP contribution in [0.4, 0.5) is 0 Å². The van der Waals surface area contributed by atoms with Crippen LogP contribution in [0.1, 0.15) is 47.5 Å². The fourth-order valence-corrected chi connectivity index (χ4v) is 2.80. The lowest BCUT2D eigenvalue weighted by Crippen LogP contribution is -2.61. The van der Waals surface area contributed by atoms with Crippen LogP contribution in [-0.2, 0) is 0 Å². The highest BCUT2D eigenvalue weighted by Crippen LogP contribution is 2.23. The van der Waals surface area contributed by atoms with Gasteiger partial charge < -0.3 is 4.90 Å². The van der Waals surface area contributed by atoms with Gasteiger partial charge in [0, 0.05) is 31.2 Å². The molecule has 1 heterocycles. The number of piperazine rings is 1. The third-order valence-electron chi connectivity index (χ3n) is 3.50. The Hall–Kier alpha value is -0.0800. The lowest BCUT2D eigenvalue weighted by Gasteiger charge is -2.49. The molecule has 0 aliphatic carbocycles. The molecule has 0 aromatic carbocycles. The van der Waals surface area contributed by atoms with E-state index in [1.807, 2.05) is 0 Å². The van der Waals surface area contributed by atoms with E-state index in [9.17, 15) is 0 Å². The molecule has 0 saturated carbocycles. The van der Waals surface area contributed by atoms with Crippen molar-refractivity contribution in [2.75, 3.05) is 26.2 Å². The average Bonchev–Trinajstić information content (AvgIpc) is 2.12.